The van der Waals surface area contributed by atoms with E-state index in [2.05, 4.69) is 6.92 Å². The SMILES string of the molecule is CCC[C@H]1CC[C@H](c2cc(F)c(C(F)(F)Oc3ccccc3-c3cc(F)c(F)c(F)c3)c(F)c2)CC1. The second kappa shape index (κ2) is 10.5. The van der Waals surface area contributed by atoms with Crippen molar-refractivity contribution in [1.29, 1.82) is 0 Å². The number of hydrogen-bond acceptors (Lipinski definition) is 1. The Bertz CT molecular complexity index is 1190. The Hall–Kier alpha value is -3.03. The Kier molecular flexibility index (Phi) is 7.62. The molecule has 1 aliphatic carbocycles. The quantitative estimate of drug-likeness (QED) is 0.227. The zero-order chi connectivity index (χ0) is 26.0. The summed E-state index contributed by atoms with van der Waals surface area (Å²) in [6.07, 6.45) is 1.02. The molecular formula is C28H25F7O. The van der Waals surface area contributed by atoms with Crippen LogP contribution >= 0.6 is 0 Å². The van der Waals surface area contributed by atoms with Crippen molar-refractivity contribution >= 4 is 0 Å². The van der Waals surface area contributed by atoms with Crippen molar-refractivity contribution in [3.8, 4) is 16.9 Å². The van der Waals surface area contributed by atoms with Crippen LogP contribution in [0.15, 0.2) is 48.5 Å². The van der Waals surface area contributed by atoms with Crippen LogP contribution in [0.2, 0.25) is 0 Å². The van der Waals surface area contributed by atoms with E-state index in [0.717, 1.165) is 56.7 Å². The van der Waals surface area contributed by atoms with Gasteiger partial charge >= 0.3 is 6.11 Å². The Morgan fingerprint density at radius 3 is 1.97 bits per heavy atom. The van der Waals surface area contributed by atoms with Crippen LogP contribution in [0, 0.1) is 35.0 Å². The van der Waals surface area contributed by atoms with Gasteiger partial charge in [-0.1, -0.05) is 38.0 Å². The molecule has 0 amide bonds. The predicted molar refractivity (Wildman–Crippen MR) is 122 cm³/mol. The summed E-state index contributed by atoms with van der Waals surface area (Å²) >= 11 is 0. The van der Waals surface area contributed by atoms with Crippen LogP contribution in [0.5, 0.6) is 5.75 Å². The lowest BCUT2D eigenvalue weighted by atomic mass is 9.77. The summed E-state index contributed by atoms with van der Waals surface area (Å²) < 4.78 is 105. The highest BCUT2D eigenvalue weighted by molar-refractivity contribution is 5.70. The lowest BCUT2D eigenvalue weighted by Crippen LogP contribution is -2.26. The fourth-order valence-electron chi connectivity index (χ4n) is 4.99. The maximum Gasteiger partial charge on any atom is 0.432 e. The molecule has 8 heteroatoms. The van der Waals surface area contributed by atoms with E-state index in [9.17, 15) is 22.0 Å². The topological polar surface area (TPSA) is 9.23 Å². The van der Waals surface area contributed by atoms with E-state index < -0.39 is 46.5 Å². The van der Waals surface area contributed by atoms with Gasteiger partial charge in [0.2, 0.25) is 0 Å². The molecule has 3 aromatic rings. The Morgan fingerprint density at radius 2 is 1.39 bits per heavy atom. The zero-order valence-electron chi connectivity index (χ0n) is 19.6. The van der Waals surface area contributed by atoms with Crippen LogP contribution < -0.4 is 4.74 Å². The predicted octanol–water partition coefficient (Wildman–Crippen LogP) is 9.25. The van der Waals surface area contributed by atoms with Crippen LogP contribution in [-0.4, -0.2) is 0 Å². The lowest BCUT2D eigenvalue weighted by Gasteiger charge is -2.29. The second-order valence-corrected chi connectivity index (χ2v) is 9.23. The maximum absolute atomic E-state index is 15.1. The third-order valence-corrected chi connectivity index (χ3v) is 6.79. The molecule has 0 heterocycles. The summed E-state index contributed by atoms with van der Waals surface area (Å²) in [5, 5.41) is 0. The molecule has 0 radical (unpaired) electrons. The van der Waals surface area contributed by atoms with Gasteiger partial charge in [-0.15, -0.1) is 0 Å². The van der Waals surface area contributed by atoms with E-state index in [1.54, 1.807) is 0 Å². The van der Waals surface area contributed by atoms with Gasteiger partial charge in [0.15, 0.2) is 17.5 Å². The first-order valence-corrected chi connectivity index (χ1v) is 11.9. The molecule has 0 N–H and O–H groups in total. The minimum Gasteiger partial charge on any atom is -0.428 e. The third kappa shape index (κ3) is 5.37. The molecule has 4 rings (SSSR count). The van der Waals surface area contributed by atoms with Crippen molar-refractivity contribution < 1.29 is 35.5 Å². The fraction of sp³-hybridized carbons (Fsp3) is 0.357. The van der Waals surface area contributed by atoms with Gasteiger partial charge in [0.1, 0.15) is 22.9 Å². The van der Waals surface area contributed by atoms with Gasteiger partial charge in [-0.2, -0.15) is 8.78 Å². The van der Waals surface area contributed by atoms with Gasteiger partial charge in [-0.3, -0.25) is 0 Å². The Labute approximate surface area is 204 Å². The third-order valence-electron chi connectivity index (χ3n) is 6.79. The molecule has 0 saturated heterocycles. The maximum atomic E-state index is 15.1. The molecule has 0 atom stereocenters. The Morgan fingerprint density at radius 1 is 0.806 bits per heavy atom. The molecule has 36 heavy (non-hydrogen) atoms. The molecule has 0 unspecified atom stereocenters. The first kappa shape index (κ1) is 26.0. The van der Waals surface area contributed by atoms with E-state index in [1.807, 2.05) is 0 Å². The van der Waals surface area contributed by atoms with Crippen molar-refractivity contribution in [2.45, 2.75) is 57.5 Å². The van der Waals surface area contributed by atoms with Crippen LogP contribution in [0.25, 0.3) is 11.1 Å². The summed E-state index contributed by atoms with van der Waals surface area (Å²) in [5.41, 5.74) is -1.72. The van der Waals surface area contributed by atoms with Gasteiger partial charge in [0, 0.05) is 5.56 Å². The van der Waals surface area contributed by atoms with Gasteiger partial charge in [0.25, 0.3) is 0 Å². The minimum absolute atomic E-state index is 0.116. The molecule has 1 nitrogen and oxygen atoms in total. The number of hydrogen-bond donors (Lipinski definition) is 0. The summed E-state index contributed by atoms with van der Waals surface area (Å²) in [6, 6.07) is 8.03. The summed E-state index contributed by atoms with van der Waals surface area (Å²) in [6.45, 7) is 2.10. The molecule has 0 spiro atoms. The van der Waals surface area contributed by atoms with E-state index in [-0.39, 0.29) is 17.0 Å². The molecule has 0 aromatic heterocycles. The van der Waals surface area contributed by atoms with Crippen molar-refractivity contribution in [1.82, 2.24) is 0 Å². The molecule has 1 fully saturated rings. The van der Waals surface area contributed by atoms with Gasteiger partial charge in [-0.25, -0.2) is 22.0 Å². The number of benzene rings is 3. The fourth-order valence-corrected chi connectivity index (χ4v) is 4.99. The number of rotatable bonds is 7. The van der Waals surface area contributed by atoms with Gasteiger partial charge in [-0.05, 0) is 79.0 Å². The molecule has 0 bridgehead atoms. The number of halogens is 7. The zero-order valence-corrected chi connectivity index (χ0v) is 19.6. The van der Waals surface area contributed by atoms with E-state index in [0.29, 0.717) is 23.6 Å². The standard InChI is InChI=1S/C28H25F7O/c1-2-5-16-8-10-17(11-9-16)18-12-21(29)26(22(30)13-18)28(34,35)36-25-7-4-3-6-20(25)19-14-23(31)27(33)24(32)15-19/h3-4,6-7,12-17H,2,5,8-11H2,1H3/t16-,17-. The highest BCUT2D eigenvalue weighted by atomic mass is 19.3. The normalized spacial score (nSPS) is 18.3. The molecular weight excluding hydrogens is 485 g/mol. The van der Waals surface area contributed by atoms with E-state index in [1.165, 1.54) is 18.2 Å². The minimum atomic E-state index is -4.45. The average Bonchev–Trinajstić information content (AvgIpc) is 2.82. The highest BCUT2D eigenvalue weighted by Gasteiger charge is 2.42. The molecule has 192 valence electrons. The van der Waals surface area contributed by atoms with Crippen LogP contribution in [0.1, 0.15) is 62.5 Å². The summed E-state index contributed by atoms with van der Waals surface area (Å²) in [7, 11) is 0. The lowest BCUT2D eigenvalue weighted by molar-refractivity contribution is -0.189. The summed E-state index contributed by atoms with van der Waals surface area (Å²) in [5.74, 6) is -7.79. The summed E-state index contributed by atoms with van der Waals surface area (Å²) in [4.78, 5) is 0. The van der Waals surface area contributed by atoms with E-state index >= 15 is 8.78 Å². The first-order valence-electron chi connectivity index (χ1n) is 11.9. The smallest absolute Gasteiger partial charge is 0.428 e. The largest absolute Gasteiger partial charge is 0.432 e. The Balaban J connectivity index is 1.61. The molecule has 1 saturated carbocycles. The van der Waals surface area contributed by atoms with Crippen LogP contribution in [0.3, 0.4) is 0 Å². The van der Waals surface area contributed by atoms with Crippen LogP contribution in [0.4, 0.5) is 30.7 Å². The average molecular weight is 510 g/mol. The first-order chi connectivity index (χ1) is 17.1. The van der Waals surface area contributed by atoms with Crippen molar-refractivity contribution in [2.24, 2.45) is 5.92 Å². The number of alkyl halides is 2. The van der Waals surface area contributed by atoms with Crippen molar-refractivity contribution in [2.75, 3.05) is 0 Å². The number of para-hydroxylation sites is 1. The van der Waals surface area contributed by atoms with Gasteiger partial charge in [0.05, 0.1) is 0 Å². The molecule has 1 aliphatic rings. The highest BCUT2D eigenvalue weighted by Crippen LogP contribution is 2.42. The molecule has 3 aromatic carbocycles. The van der Waals surface area contributed by atoms with Crippen molar-refractivity contribution in [3.05, 3.63) is 88.7 Å². The van der Waals surface area contributed by atoms with Crippen molar-refractivity contribution in [3.63, 3.8) is 0 Å². The monoisotopic (exact) mass is 510 g/mol. The van der Waals surface area contributed by atoms with E-state index in [4.69, 9.17) is 4.74 Å². The molecule has 0 aliphatic heterocycles. The number of ether oxygens (including phenoxy) is 1. The van der Waals surface area contributed by atoms with Gasteiger partial charge < -0.3 is 4.74 Å². The van der Waals surface area contributed by atoms with Crippen LogP contribution in [-0.2, 0) is 6.11 Å². The second-order valence-electron chi connectivity index (χ2n) is 9.23.